The van der Waals surface area contributed by atoms with Crippen molar-refractivity contribution in [1.82, 2.24) is 0 Å². The van der Waals surface area contributed by atoms with Crippen molar-refractivity contribution in [2.75, 3.05) is 13.2 Å². The van der Waals surface area contributed by atoms with Gasteiger partial charge in [-0.1, -0.05) is 35.0 Å². The maximum Gasteiger partial charge on any atom is 0.256 e. The summed E-state index contributed by atoms with van der Waals surface area (Å²) in [6.45, 7) is 6.35. The molecule has 0 bridgehead atoms. The van der Waals surface area contributed by atoms with Crippen molar-refractivity contribution < 1.29 is 14.3 Å². The molecule has 1 rings (SSSR count). The Hall–Kier alpha value is -0.710. The zero-order valence-corrected chi connectivity index (χ0v) is 12.6. The average Bonchev–Trinajstić information content (AvgIpc) is 2.37. The first-order valence-corrected chi connectivity index (χ1v) is 6.97. The number of halogens is 1. The van der Waals surface area contributed by atoms with Crippen LogP contribution in [-0.2, 0) is 20.1 Å². The summed E-state index contributed by atoms with van der Waals surface area (Å²) >= 11 is 3.41. The summed E-state index contributed by atoms with van der Waals surface area (Å²) in [7, 11) is 0. The molecule has 0 aromatic heterocycles. The topological polar surface area (TPSA) is 35.5 Å². The molecular weight excluding hydrogens is 296 g/mol. The van der Waals surface area contributed by atoms with Gasteiger partial charge in [-0.3, -0.25) is 4.79 Å². The largest absolute Gasteiger partial charge is 0.340 e. The molecule has 4 heteroatoms. The summed E-state index contributed by atoms with van der Waals surface area (Å²) in [5.41, 5.74) is 0.729. The lowest BCUT2D eigenvalue weighted by Gasteiger charge is -2.32. The molecule has 0 atom stereocenters. The van der Waals surface area contributed by atoms with Crippen LogP contribution in [0.1, 0.15) is 32.8 Å². The van der Waals surface area contributed by atoms with Crippen molar-refractivity contribution in [3.8, 4) is 0 Å². The SMILES string of the molecule is CCOC(OCC)(C(=O)CC)c1cccc(Br)c1. The summed E-state index contributed by atoms with van der Waals surface area (Å²) in [6.07, 6.45) is 0.368. The van der Waals surface area contributed by atoms with E-state index >= 15 is 0 Å². The Morgan fingerprint density at radius 1 is 1.22 bits per heavy atom. The Morgan fingerprint density at radius 3 is 2.28 bits per heavy atom. The number of hydrogen-bond acceptors (Lipinski definition) is 3. The van der Waals surface area contributed by atoms with Gasteiger partial charge in [0.1, 0.15) is 0 Å². The second-order valence-corrected chi connectivity index (χ2v) is 4.69. The van der Waals surface area contributed by atoms with Gasteiger partial charge in [0.2, 0.25) is 0 Å². The van der Waals surface area contributed by atoms with Crippen LogP contribution in [0.4, 0.5) is 0 Å². The maximum atomic E-state index is 12.3. The van der Waals surface area contributed by atoms with E-state index in [2.05, 4.69) is 15.9 Å². The highest BCUT2D eigenvalue weighted by Gasteiger charge is 2.41. The van der Waals surface area contributed by atoms with E-state index in [-0.39, 0.29) is 5.78 Å². The van der Waals surface area contributed by atoms with Crippen LogP contribution in [0.2, 0.25) is 0 Å². The van der Waals surface area contributed by atoms with E-state index in [1.165, 1.54) is 0 Å². The lowest BCUT2D eigenvalue weighted by atomic mass is 9.99. The number of ether oxygens (including phenoxy) is 2. The molecule has 0 N–H and O–H groups in total. The van der Waals surface area contributed by atoms with Gasteiger partial charge >= 0.3 is 0 Å². The Morgan fingerprint density at radius 2 is 1.83 bits per heavy atom. The minimum absolute atomic E-state index is 0.0655. The van der Waals surface area contributed by atoms with Gasteiger partial charge in [-0.25, -0.2) is 0 Å². The number of rotatable bonds is 7. The monoisotopic (exact) mass is 314 g/mol. The molecular formula is C14H19BrO3. The van der Waals surface area contributed by atoms with Gasteiger partial charge < -0.3 is 9.47 Å². The highest BCUT2D eigenvalue weighted by molar-refractivity contribution is 9.10. The molecule has 0 aliphatic rings. The number of hydrogen-bond donors (Lipinski definition) is 0. The summed E-state index contributed by atoms with van der Waals surface area (Å²) in [5.74, 6) is -1.34. The van der Waals surface area contributed by atoms with Crippen molar-refractivity contribution in [3.63, 3.8) is 0 Å². The third-order valence-corrected chi connectivity index (χ3v) is 3.08. The van der Waals surface area contributed by atoms with E-state index in [0.717, 1.165) is 10.0 Å². The summed E-state index contributed by atoms with van der Waals surface area (Å²) in [4.78, 5) is 12.3. The van der Waals surface area contributed by atoms with Gasteiger partial charge in [-0.05, 0) is 26.0 Å². The fraction of sp³-hybridized carbons (Fsp3) is 0.500. The Labute approximate surface area is 117 Å². The average molecular weight is 315 g/mol. The van der Waals surface area contributed by atoms with Crippen molar-refractivity contribution in [1.29, 1.82) is 0 Å². The number of ketones is 1. The number of carbonyl (C=O) groups is 1. The van der Waals surface area contributed by atoms with Crippen LogP contribution in [0.25, 0.3) is 0 Å². The zero-order chi connectivity index (χ0) is 13.6. The van der Waals surface area contributed by atoms with Gasteiger partial charge in [0.15, 0.2) is 5.78 Å². The van der Waals surface area contributed by atoms with E-state index < -0.39 is 5.79 Å². The van der Waals surface area contributed by atoms with Crippen LogP contribution in [-0.4, -0.2) is 19.0 Å². The molecule has 3 nitrogen and oxygen atoms in total. The highest BCUT2D eigenvalue weighted by atomic mass is 79.9. The second-order valence-electron chi connectivity index (χ2n) is 3.77. The molecule has 0 saturated carbocycles. The third kappa shape index (κ3) is 3.19. The molecule has 18 heavy (non-hydrogen) atoms. The smallest absolute Gasteiger partial charge is 0.256 e. The van der Waals surface area contributed by atoms with Gasteiger partial charge in [-0.2, -0.15) is 0 Å². The normalized spacial score (nSPS) is 11.6. The minimum atomic E-state index is -1.28. The molecule has 0 amide bonds. The van der Waals surface area contributed by atoms with Crippen LogP contribution in [0.15, 0.2) is 28.7 Å². The Balaban J connectivity index is 3.27. The standard InChI is InChI=1S/C14H19BrO3/c1-4-13(16)14(17-5-2,18-6-3)11-8-7-9-12(15)10-11/h7-10H,4-6H2,1-3H3. The molecule has 0 heterocycles. The van der Waals surface area contributed by atoms with E-state index in [1.807, 2.05) is 45.0 Å². The number of carbonyl (C=O) groups excluding carboxylic acids is 1. The molecule has 0 spiro atoms. The summed E-state index contributed by atoms with van der Waals surface area (Å²) < 4.78 is 12.2. The van der Waals surface area contributed by atoms with Gasteiger partial charge in [-0.15, -0.1) is 0 Å². The summed E-state index contributed by atoms with van der Waals surface area (Å²) in [5, 5.41) is 0. The van der Waals surface area contributed by atoms with Gasteiger partial charge in [0.05, 0.1) is 0 Å². The van der Waals surface area contributed by atoms with Crippen LogP contribution in [0.3, 0.4) is 0 Å². The van der Waals surface area contributed by atoms with Gasteiger partial charge in [0, 0.05) is 29.7 Å². The quantitative estimate of drug-likeness (QED) is 0.721. The molecule has 0 unspecified atom stereocenters. The molecule has 0 fully saturated rings. The molecule has 0 radical (unpaired) electrons. The lowest BCUT2D eigenvalue weighted by molar-refractivity contribution is -0.232. The molecule has 1 aromatic rings. The molecule has 0 aliphatic carbocycles. The van der Waals surface area contributed by atoms with Crippen LogP contribution in [0.5, 0.6) is 0 Å². The fourth-order valence-electron chi connectivity index (χ4n) is 1.86. The van der Waals surface area contributed by atoms with E-state index in [4.69, 9.17) is 9.47 Å². The van der Waals surface area contributed by atoms with Crippen molar-refractivity contribution in [3.05, 3.63) is 34.3 Å². The van der Waals surface area contributed by atoms with Crippen molar-refractivity contribution >= 4 is 21.7 Å². The Kier molecular flexibility index (Phi) is 5.99. The van der Waals surface area contributed by atoms with Crippen molar-refractivity contribution in [2.24, 2.45) is 0 Å². The third-order valence-electron chi connectivity index (χ3n) is 2.59. The zero-order valence-electron chi connectivity index (χ0n) is 11.0. The van der Waals surface area contributed by atoms with Crippen LogP contribution >= 0.6 is 15.9 Å². The minimum Gasteiger partial charge on any atom is -0.340 e. The molecule has 1 aromatic carbocycles. The van der Waals surface area contributed by atoms with Crippen LogP contribution < -0.4 is 0 Å². The number of Topliss-reactive ketones (excluding diaryl/α,β-unsaturated/α-hetero) is 1. The fourth-order valence-corrected chi connectivity index (χ4v) is 2.26. The van der Waals surface area contributed by atoms with E-state index in [1.54, 1.807) is 0 Å². The first-order valence-electron chi connectivity index (χ1n) is 6.17. The molecule has 100 valence electrons. The second kappa shape index (κ2) is 7.02. The summed E-state index contributed by atoms with van der Waals surface area (Å²) in [6, 6.07) is 7.49. The Bertz CT molecular complexity index is 398. The first-order chi connectivity index (χ1) is 8.60. The predicted molar refractivity (Wildman–Crippen MR) is 74.4 cm³/mol. The van der Waals surface area contributed by atoms with Gasteiger partial charge in [0.25, 0.3) is 5.79 Å². The molecule has 0 saturated heterocycles. The van der Waals surface area contributed by atoms with Crippen molar-refractivity contribution in [2.45, 2.75) is 33.0 Å². The highest BCUT2D eigenvalue weighted by Crippen LogP contribution is 2.31. The van der Waals surface area contributed by atoms with Crippen LogP contribution in [0, 0.1) is 0 Å². The number of benzene rings is 1. The van der Waals surface area contributed by atoms with E-state index in [9.17, 15) is 4.79 Å². The molecule has 0 aliphatic heterocycles. The predicted octanol–water partition coefficient (Wildman–Crippen LogP) is 3.65. The lowest BCUT2D eigenvalue weighted by Crippen LogP contribution is -2.41. The maximum absolute atomic E-state index is 12.3. The first kappa shape index (κ1) is 15.3. The van der Waals surface area contributed by atoms with E-state index in [0.29, 0.717) is 19.6 Å².